The Morgan fingerprint density at radius 2 is 2.25 bits per heavy atom. The highest BCUT2D eigenvalue weighted by Gasteiger charge is 2.33. The summed E-state index contributed by atoms with van der Waals surface area (Å²) >= 11 is 0. The molecule has 0 unspecified atom stereocenters. The van der Waals surface area contributed by atoms with Gasteiger partial charge in [-0.15, -0.1) is 0 Å². The fourth-order valence-corrected chi connectivity index (χ4v) is 2.81. The summed E-state index contributed by atoms with van der Waals surface area (Å²) in [5.41, 5.74) is 2.01. The number of aromatic nitrogens is 2. The van der Waals surface area contributed by atoms with Crippen LogP contribution >= 0.6 is 0 Å². The lowest BCUT2D eigenvalue weighted by Crippen LogP contribution is -2.22. The Balaban J connectivity index is 1.72. The fourth-order valence-electron chi connectivity index (χ4n) is 2.81. The van der Waals surface area contributed by atoms with Crippen LogP contribution in [0.4, 0.5) is 5.82 Å². The van der Waals surface area contributed by atoms with Crippen LogP contribution in [0.5, 0.6) is 0 Å². The van der Waals surface area contributed by atoms with Crippen LogP contribution in [0.2, 0.25) is 0 Å². The minimum absolute atomic E-state index is 0.156. The smallest absolute Gasteiger partial charge is 0.137 e. The molecule has 3 heterocycles. The summed E-state index contributed by atoms with van der Waals surface area (Å²) in [5, 5.41) is 14.1. The number of hydrogen-bond donors (Lipinski definition) is 1. The minimum Gasteiger partial charge on any atom is -0.391 e. The van der Waals surface area contributed by atoms with Gasteiger partial charge in [0.1, 0.15) is 11.6 Å². The number of nitrogens with zero attached hydrogens (tertiary/aromatic N) is 3. The lowest BCUT2D eigenvalue weighted by Gasteiger charge is -2.18. The van der Waals surface area contributed by atoms with Gasteiger partial charge >= 0.3 is 0 Å². The summed E-state index contributed by atoms with van der Waals surface area (Å²) in [6, 6.07) is 5.91. The molecule has 1 N–H and O–H groups in total. The third-order valence-corrected chi connectivity index (χ3v) is 3.83. The lowest BCUT2D eigenvalue weighted by molar-refractivity contribution is 0.143. The minimum atomic E-state index is -0.359. The lowest BCUT2D eigenvalue weighted by atomic mass is 10.0. The Morgan fingerprint density at radius 3 is 2.95 bits per heavy atom. The van der Waals surface area contributed by atoms with E-state index in [0.717, 1.165) is 29.4 Å². The monoisotopic (exact) mass is 273 g/mol. The zero-order valence-corrected chi connectivity index (χ0v) is 11.8. The van der Waals surface area contributed by atoms with Gasteiger partial charge in [0.2, 0.25) is 0 Å². The molecule has 0 spiro atoms. The molecule has 20 heavy (non-hydrogen) atoms. The molecule has 2 aromatic rings. The van der Waals surface area contributed by atoms with Crippen molar-refractivity contribution >= 4 is 5.82 Å². The Hall–Kier alpha value is -1.88. The maximum absolute atomic E-state index is 10.2. The van der Waals surface area contributed by atoms with Crippen LogP contribution in [0.1, 0.15) is 17.0 Å². The number of β-amino-alcohol motifs (C(OH)–C–C–N with tert-alkyl or cyclic N) is 1. The first kappa shape index (κ1) is 13.1. The summed E-state index contributed by atoms with van der Waals surface area (Å²) in [7, 11) is 0. The standard InChI is InChI=1S/C15H19N3O2/c1-10-4-3-5-16-15(10)18-8-12(14(19)9-18)7-13-6-11(2)17-20-13/h3-6,12,14,19H,7-9H2,1-2H3/t12-,14+/m1/s1. The molecule has 0 aliphatic carbocycles. The molecular weight excluding hydrogens is 254 g/mol. The van der Waals surface area contributed by atoms with E-state index in [1.807, 2.05) is 32.0 Å². The average Bonchev–Trinajstić information content (AvgIpc) is 2.98. The Morgan fingerprint density at radius 1 is 1.40 bits per heavy atom. The van der Waals surface area contributed by atoms with Gasteiger partial charge in [-0.3, -0.25) is 0 Å². The van der Waals surface area contributed by atoms with Crippen molar-refractivity contribution in [2.75, 3.05) is 18.0 Å². The molecule has 1 aliphatic heterocycles. The third kappa shape index (κ3) is 2.54. The number of hydrogen-bond acceptors (Lipinski definition) is 5. The van der Waals surface area contributed by atoms with E-state index in [9.17, 15) is 5.11 Å². The van der Waals surface area contributed by atoms with Crippen LogP contribution in [0.3, 0.4) is 0 Å². The van der Waals surface area contributed by atoms with Crippen LogP contribution in [0.15, 0.2) is 28.9 Å². The SMILES string of the molecule is Cc1cc(C[C@@H]2CN(c3ncccc3C)C[C@@H]2O)on1. The molecule has 5 nitrogen and oxygen atoms in total. The van der Waals surface area contributed by atoms with Crippen molar-refractivity contribution < 1.29 is 9.63 Å². The molecule has 3 rings (SSSR count). The third-order valence-electron chi connectivity index (χ3n) is 3.83. The molecule has 0 bridgehead atoms. The van der Waals surface area contributed by atoms with E-state index in [1.165, 1.54) is 0 Å². The topological polar surface area (TPSA) is 62.4 Å². The highest BCUT2D eigenvalue weighted by Crippen LogP contribution is 2.27. The summed E-state index contributed by atoms with van der Waals surface area (Å²) < 4.78 is 5.24. The molecule has 106 valence electrons. The van der Waals surface area contributed by atoms with Gasteiger partial charge in [0.25, 0.3) is 0 Å². The molecule has 5 heteroatoms. The van der Waals surface area contributed by atoms with Crippen LogP contribution in [0, 0.1) is 19.8 Å². The predicted molar refractivity (Wildman–Crippen MR) is 75.6 cm³/mol. The molecule has 0 amide bonds. The van der Waals surface area contributed by atoms with Gasteiger partial charge < -0.3 is 14.5 Å². The van der Waals surface area contributed by atoms with E-state index in [4.69, 9.17) is 4.52 Å². The highest BCUT2D eigenvalue weighted by atomic mass is 16.5. The Bertz CT molecular complexity index is 596. The molecule has 2 aromatic heterocycles. The summed E-state index contributed by atoms with van der Waals surface area (Å²) in [6.45, 7) is 5.36. The van der Waals surface area contributed by atoms with Gasteiger partial charge in [0.05, 0.1) is 11.8 Å². The van der Waals surface area contributed by atoms with E-state index in [-0.39, 0.29) is 12.0 Å². The maximum Gasteiger partial charge on any atom is 0.137 e. The first-order valence-electron chi connectivity index (χ1n) is 6.90. The number of anilines is 1. The zero-order valence-electron chi connectivity index (χ0n) is 11.8. The molecule has 1 saturated heterocycles. The molecule has 1 fully saturated rings. The van der Waals surface area contributed by atoms with Crippen LogP contribution in [-0.4, -0.2) is 34.4 Å². The highest BCUT2D eigenvalue weighted by molar-refractivity contribution is 5.47. The van der Waals surface area contributed by atoms with Crippen molar-refractivity contribution in [3.63, 3.8) is 0 Å². The van der Waals surface area contributed by atoms with Crippen LogP contribution < -0.4 is 4.90 Å². The normalized spacial score (nSPS) is 22.4. The zero-order chi connectivity index (χ0) is 14.1. The summed E-state index contributed by atoms with van der Waals surface area (Å²) in [6.07, 6.45) is 2.15. The average molecular weight is 273 g/mol. The molecule has 0 saturated carbocycles. The van der Waals surface area contributed by atoms with Gasteiger partial charge in [0.15, 0.2) is 0 Å². The summed E-state index contributed by atoms with van der Waals surface area (Å²) in [5.74, 6) is 1.96. The number of aliphatic hydroxyl groups is 1. The number of aliphatic hydroxyl groups excluding tert-OH is 1. The molecule has 1 aliphatic rings. The van der Waals surface area contributed by atoms with Crippen molar-refractivity contribution in [3.8, 4) is 0 Å². The Kier molecular flexibility index (Phi) is 3.44. The second-order valence-electron chi connectivity index (χ2n) is 5.52. The molecule has 2 atom stereocenters. The van der Waals surface area contributed by atoms with Crippen LogP contribution in [-0.2, 0) is 6.42 Å². The van der Waals surface area contributed by atoms with Gasteiger partial charge in [0, 0.05) is 37.7 Å². The number of aryl methyl sites for hydroxylation is 2. The fraction of sp³-hybridized carbons (Fsp3) is 0.467. The number of pyridine rings is 1. The van der Waals surface area contributed by atoms with Crippen molar-refractivity contribution in [1.82, 2.24) is 10.1 Å². The van der Waals surface area contributed by atoms with E-state index < -0.39 is 0 Å². The van der Waals surface area contributed by atoms with E-state index in [0.29, 0.717) is 13.0 Å². The maximum atomic E-state index is 10.2. The van der Waals surface area contributed by atoms with Crippen LogP contribution in [0.25, 0.3) is 0 Å². The second-order valence-corrected chi connectivity index (χ2v) is 5.52. The van der Waals surface area contributed by atoms with E-state index in [2.05, 4.69) is 15.0 Å². The van der Waals surface area contributed by atoms with Gasteiger partial charge in [-0.05, 0) is 25.5 Å². The van der Waals surface area contributed by atoms with Gasteiger partial charge in [-0.2, -0.15) is 0 Å². The molecule has 0 radical (unpaired) electrons. The van der Waals surface area contributed by atoms with E-state index >= 15 is 0 Å². The Labute approximate surface area is 118 Å². The summed E-state index contributed by atoms with van der Waals surface area (Å²) in [4.78, 5) is 6.57. The van der Waals surface area contributed by atoms with Crippen molar-refractivity contribution in [2.45, 2.75) is 26.4 Å². The van der Waals surface area contributed by atoms with E-state index in [1.54, 1.807) is 6.20 Å². The van der Waals surface area contributed by atoms with Gasteiger partial charge in [-0.1, -0.05) is 11.2 Å². The predicted octanol–water partition coefficient (Wildman–Crippen LogP) is 1.73. The molecule has 0 aromatic carbocycles. The van der Waals surface area contributed by atoms with Crippen molar-refractivity contribution in [1.29, 1.82) is 0 Å². The first-order valence-corrected chi connectivity index (χ1v) is 6.90. The first-order chi connectivity index (χ1) is 9.63. The largest absolute Gasteiger partial charge is 0.391 e. The van der Waals surface area contributed by atoms with Crippen molar-refractivity contribution in [3.05, 3.63) is 41.4 Å². The molecular formula is C15H19N3O2. The quantitative estimate of drug-likeness (QED) is 0.922. The van der Waals surface area contributed by atoms with Gasteiger partial charge in [-0.25, -0.2) is 4.98 Å². The van der Waals surface area contributed by atoms with Crippen molar-refractivity contribution in [2.24, 2.45) is 5.92 Å². The second kappa shape index (κ2) is 5.25. The number of rotatable bonds is 3.